The van der Waals surface area contributed by atoms with Crippen LogP contribution in [-0.4, -0.2) is 87.8 Å². The van der Waals surface area contributed by atoms with Crippen molar-refractivity contribution in [2.24, 2.45) is 4.99 Å². The van der Waals surface area contributed by atoms with E-state index in [4.69, 9.17) is 28.2 Å². The number of thioether (sulfide) groups is 1. The van der Waals surface area contributed by atoms with Crippen LogP contribution >= 0.6 is 35.0 Å². The van der Waals surface area contributed by atoms with Gasteiger partial charge in [-0.3, -0.25) is 19.4 Å². The number of piperazine rings is 1. The summed E-state index contributed by atoms with van der Waals surface area (Å²) in [5, 5.41) is 2.12. The Morgan fingerprint density at radius 2 is 1.58 bits per heavy atom. The first kappa shape index (κ1) is 29.4. The van der Waals surface area contributed by atoms with Gasteiger partial charge in [0.1, 0.15) is 5.54 Å². The molecule has 4 aliphatic heterocycles. The number of hydrogen-bond donors (Lipinski definition) is 0. The molecule has 2 aromatic rings. The van der Waals surface area contributed by atoms with Crippen molar-refractivity contribution in [3.05, 3.63) is 80.3 Å². The van der Waals surface area contributed by atoms with Gasteiger partial charge in [0, 0.05) is 40.9 Å². The highest BCUT2D eigenvalue weighted by atomic mass is 35.5. The molecule has 1 unspecified atom stereocenters. The van der Waals surface area contributed by atoms with Gasteiger partial charge in [0.2, 0.25) is 5.91 Å². The van der Waals surface area contributed by atoms with Gasteiger partial charge in [0.15, 0.2) is 17.0 Å². The molecule has 5 aliphatic rings. The van der Waals surface area contributed by atoms with E-state index in [1.807, 2.05) is 60.4 Å². The molecule has 3 fully saturated rings. The number of likely N-dealkylation sites (N-methyl/N-ethyl adjacent to an activating group) is 1. The number of carbonyl (C=O) groups is 2. The van der Waals surface area contributed by atoms with Crippen LogP contribution in [0.2, 0.25) is 10.0 Å². The van der Waals surface area contributed by atoms with Crippen LogP contribution in [0.1, 0.15) is 56.7 Å². The van der Waals surface area contributed by atoms with E-state index in [2.05, 4.69) is 28.7 Å². The fraction of sp³-hybridized carbons (Fsp3) is 0.485. The molecule has 0 radical (unpaired) electrons. The van der Waals surface area contributed by atoms with Crippen molar-refractivity contribution in [1.29, 1.82) is 0 Å². The van der Waals surface area contributed by atoms with E-state index in [0.29, 0.717) is 28.0 Å². The van der Waals surface area contributed by atoms with Crippen LogP contribution in [0.5, 0.6) is 0 Å². The van der Waals surface area contributed by atoms with Crippen molar-refractivity contribution in [3.63, 3.8) is 0 Å². The van der Waals surface area contributed by atoms with E-state index in [1.165, 1.54) is 11.8 Å². The van der Waals surface area contributed by atoms with Gasteiger partial charge in [-0.15, -0.1) is 0 Å². The summed E-state index contributed by atoms with van der Waals surface area (Å²) >= 11 is 14.0. The number of hydrogen-bond acceptors (Lipinski definition) is 7. The highest BCUT2D eigenvalue weighted by molar-refractivity contribution is 8.18. The van der Waals surface area contributed by atoms with Crippen LogP contribution in [0, 0.1) is 0 Å². The summed E-state index contributed by atoms with van der Waals surface area (Å²) in [6.45, 7) is 7.89. The molecule has 2 aromatic carbocycles. The zero-order chi connectivity index (χ0) is 30.1. The van der Waals surface area contributed by atoms with Gasteiger partial charge < -0.3 is 9.80 Å². The van der Waals surface area contributed by atoms with Crippen LogP contribution in [0.3, 0.4) is 0 Å². The molecule has 7 rings (SSSR count). The van der Waals surface area contributed by atoms with Crippen LogP contribution in [0.15, 0.2) is 64.1 Å². The zero-order valence-electron chi connectivity index (χ0n) is 24.9. The minimum absolute atomic E-state index is 0.0403. The van der Waals surface area contributed by atoms with Crippen LogP contribution in [0.4, 0.5) is 0 Å². The molecule has 43 heavy (non-hydrogen) atoms. The number of benzene rings is 2. The van der Waals surface area contributed by atoms with Crippen molar-refractivity contribution in [3.8, 4) is 0 Å². The SMILES string of the molecule is CC1=C(C(=O)C(C(=O)N2CCN(C)C3(CC3)C2)N2CCCC2)SC2=N[C@@](C)(c3ccc(Cl)cc3)[C@@H](c3ccc(Cl)cc3)N21. The van der Waals surface area contributed by atoms with Crippen molar-refractivity contribution in [2.45, 2.75) is 62.7 Å². The number of ketones is 1. The number of amides is 1. The average Bonchev–Trinajstić information content (AvgIpc) is 3.28. The molecule has 226 valence electrons. The lowest BCUT2D eigenvalue weighted by Crippen LogP contribution is -2.60. The summed E-state index contributed by atoms with van der Waals surface area (Å²) in [6, 6.07) is 14.7. The molecule has 2 saturated heterocycles. The molecule has 1 aliphatic carbocycles. The standard InChI is InChI=1S/C33H37Cl2N5O2S/c1-21-28(27(41)26(38-16-4-5-17-38)30(42)39-19-18-37(3)33(20-39)14-15-33)43-31-36-32(2,23-8-12-25(35)13-9-23)29(40(21)31)22-6-10-24(34)11-7-22/h6-13,26,29H,4-5,14-20H2,1-3H3/t26?,29-,32+/m1/s1. The van der Waals surface area contributed by atoms with E-state index in [-0.39, 0.29) is 23.3 Å². The smallest absolute Gasteiger partial charge is 0.248 e. The van der Waals surface area contributed by atoms with Gasteiger partial charge in [-0.05, 0) is 107 Å². The largest absolute Gasteiger partial charge is 0.338 e. The summed E-state index contributed by atoms with van der Waals surface area (Å²) in [4.78, 5) is 43.4. The maximum absolute atomic E-state index is 14.6. The first-order valence-electron chi connectivity index (χ1n) is 15.2. The Balaban J connectivity index is 1.24. The van der Waals surface area contributed by atoms with E-state index in [9.17, 15) is 9.59 Å². The second-order valence-corrected chi connectivity index (χ2v) is 14.7. The number of allylic oxidation sites excluding steroid dienone is 1. The normalized spacial score (nSPS) is 27.6. The summed E-state index contributed by atoms with van der Waals surface area (Å²) < 4.78 is 0. The Bertz CT molecular complexity index is 1520. The number of rotatable bonds is 6. The predicted octanol–water partition coefficient (Wildman–Crippen LogP) is 5.94. The number of halogens is 2. The van der Waals surface area contributed by atoms with Crippen LogP contribution in [0.25, 0.3) is 0 Å². The topological polar surface area (TPSA) is 59.5 Å². The summed E-state index contributed by atoms with van der Waals surface area (Å²) in [7, 11) is 2.16. The van der Waals surface area contributed by atoms with Crippen LogP contribution in [-0.2, 0) is 15.1 Å². The highest BCUT2D eigenvalue weighted by Crippen LogP contribution is 2.55. The number of Topliss-reactive ketones (excluding diaryl/α,β-unsaturated/α-hetero) is 1. The summed E-state index contributed by atoms with van der Waals surface area (Å²) in [5.41, 5.74) is 2.40. The zero-order valence-corrected chi connectivity index (χ0v) is 27.2. The third kappa shape index (κ3) is 4.94. The first-order chi connectivity index (χ1) is 20.6. The third-order valence-corrected chi connectivity index (χ3v) is 11.8. The number of amidine groups is 1. The molecule has 10 heteroatoms. The van der Waals surface area contributed by atoms with E-state index >= 15 is 0 Å². The van der Waals surface area contributed by atoms with Crippen molar-refractivity contribution < 1.29 is 9.59 Å². The van der Waals surface area contributed by atoms with Gasteiger partial charge in [0.05, 0.1) is 10.9 Å². The van der Waals surface area contributed by atoms with E-state index in [1.54, 1.807) is 0 Å². The predicted molar refractivity (Wildman–Crippen MR) is 173 cm³/mol. The number of likely N-dealkylation sites (tertiary alicyclic amines) is 1. The first-order valence-corrected chi connectivity index (χ1v) is 16.8. The number of fused-ring (bicyclic) bond motifs is 1. The molecule has 1 amide bonds. The molecular weight excluding hydrogens is 601 g/mol. The fourth-order valence-corrected chi connectivity index (χ4v) is 8.85. The second-order valence-electron chi connectivity index (χ2n) is 12.8. The Morgan fingerprint density at radius 3 is 2.21 bits per heavy atom. The summed E-state index contributed by atoms with van der Waals surface area (Å²) in [6.07, 6.45) is 4.24. The van der Waals surface area contributed by atoms with Crippen molar-refractivity contribution in [2.75, 3.05) is 39.8 Å². The maximum Gasteiger partial charge on any atom is 0.248 e. The van der Waals surface area contributed by atoms with E-state index < -0.39 is 11.6 Å². The fourth-order valence-electron chi connectivity index (χ4n) is 7.38. The molecular formula is C33H37Cl2N5O2S. The number of nitrogens with zero attached hydrogens (tertiary/aromatic N) is 5. The molecule has 0 aromatic heterocycles. The van der Waals surface area contributed by atoms with Crippen molar-refractivity contribution >= 4 is 51.8 Å². The van der Waals surface area contributed by atoms with Gasteiger partial charge in [0.25, 0.3) is 0 Å². The minimum Gasteiger partial charge on any atom is -0.338 e. The molecule has 0 N–H and O–H groups in total. The minimum atomic E-state index is -0.795. The molecule has 0 bridgehead atoms. The lowest BCUT2D eigenvalue weighted by atomic mass is 9.81. The average molecular weight is 639 g/mol. The Kier molecular flexibility index (Phi) is 7.45. The molecule has 3 atom stereocenters. The molecule has 4 heterocycles. The van der Waals surface area contributed by atoms with Gasteiger partial charge in [-0.25, -0.2) is 4.99 Å². The second kappa shape index (κ2) is 10.9. The number of aliphatic imine (C=N–C) groups is 1. The van der Waals surface area contributed by atoms with Gasteiger partial charge in [-0.1, -0.05) is 47.5 Å². The Hall–Kier alpha value is -2.36. The third-order valence-electron chi connectivity index (χ3n) is 10.2. The Labute approximate surface area is 267 Å². The van der Waals surface area contributed by atoms with Crippen LogP contribution < -0.4 is 0 Å². The van der Waals surface area contributed by atoms with E-state index in [0.717, 1.165) is 67.3 Å². The van der Waals surface area contributed by atoms with Gasteiger partial charge >= 0.3 is 0 Å². The Morgan fingerprint density at radius 1 is 0.953 bits per heavy atom. The lowest BCUT2D eigenvalue weighted by Gasteiger charge is -2.42. The summed E-state index contributed by atoms with van der Waals surface area (Å²) in [5.74, 6) is -0.139. The highest BCUT2D eigenvalue weighted by Gasteiger charge is 2.55. The monoisotopic (exact) mass is 637 g/mol. The quantitative estimate of drug-likeness (QED) is 0.366. The molecule has 1 saturated carbocycles. The molecule has 1 spiro atoms. The lowest BCUT2D eigenvalue weighted by molar-refractivity contribution is -0.144. The van der Waals surface area contributed by atoms with Crippen molar-refractivity contribution in [1.82, 2.24) is 19.6 Å². The molecule has 7 nitrogen and oxygen atoms in total. The number of carbonyl (C=O) groups excluding carboxylic acids is 2. The van der Waals surface area contributed by atoms with Gasteiger partial charge in [-0.2, -0.15) is 0 Å². The maximum atomic E-state index is 14.6.